The lowest BCUT2D eigenvalue weighted by Crippen LogP contribution is -2.50. The van der Waals surface area contributed by atoms with Gasteiger partial charge in [0, 0.05) is 50.4 Å². The maximum absolute atomic E-state index is 13.2. The second-order valence-corrected chi connectivity index (χ2v) is 9.74. The fourth-order valence-electron chi connectivity index (χ4n) is 4.22. The monoisotopic (exact) mass is 488 g/mol. The predicted octanol–water partition coefficient (Wildman–Crippen LogP) is 2.05. The maximum atomic E-state index is 13.2. The average Bonchev–Trinajstić information content (AvgIpc) is 3.31. The number of fused-ring (bicyclic) bond motifs is 1. The first-order valence-corrected chi connectivity index (χ1v) is 12.3. The molecule has 3 aromatic rings. The summed E-state index contributed by atoms with van der Waals surface area (Å²) in [6.07, 6.45) is 3.81. The first-order valence-electron chi connectivity index (χ1n) is 10.9. The molecular formula is C23H28N4O6S. The number of carbonyl (C=O) groups excluding carboxylic acids is 1. The number of piperazine rings is 1. The molecular weight excluding hydrogens is 460 g/mol. The predicted molar refractivity (Wildman–Crippen MR) is 126 cm³/mol. The number of methoxy groups -OCH3 is 3. The summed E-state index contributed by atoms with van der Waals surface area (Å²) >= 11 is 0. The van der Waals surface area contributed by atoms with Crippen molar-refractivity contribution in [1.29, 1.82) is 0 Å². The molecule has 11 heteroatoms. The number of nitrogens with zero attached hydrogens (tertiary/aromatic N) is 3. The molecule has 1 amide bonds. The number of aryl methyl sites for hydroxylation is 1. The zero-order valence-electron chi connectivity index (χ0n) is 19.4. The first-order chi connectivity index (χ1) is 16.4. The number of aromatic amines is 1. The summed E-state index contributed by atoms with van der Waals surface area (Å²) in [5.41, 5.74) is 1.36. The van der Waals surface area contributed by atoms with Crippen LogP contribution in [0.25, 0.3) is 11.0 Å². The van der Waals surface area contributed by atoms with Gasteiger partial charge in [-0.25, -0.2) is 13.4 Å². The van der Waals surface area contributed by atoms with Gasteiger partial charge in [-0.15, -0.1) is 0 Å². The Morgan fingerprint density at radius 1 is 1.03 bits per heavy atom. The molecule has 0 unspecified atom stereocenters. The summed E-state index contributed by atoms with van der Waals surface area (Å²) < 4.78 is 44.0. The van der Waals surface area contributed by atoms with Crippen LogP contribution in [-0.4, -0.2) is 81.0 Å². The molecule has 2 aromatic heterocycles. The van der Waals surface area contributed by atoms with Crippen molar-refractivity contribution >= 4 is 27.0 Å². The standard InChI is InChI=1S/C23H28N4O6S/c1-31-18-8-6-16(21(32-2)22(18)33-3)7-9-20(28)26-11-13-27(14-12-26)34(29,30)19-15-25-23-17(19)5-4-10-24-23/h4-6,8,10,15H,7,9,11-14H2,1-3H3,(H,24,25). The zero-order chi connectivity index (χ0) is 24.3. The van der Waals surface area contributed by atoms with Gasteiger partial charge >= 0.3 is 0 Å². The fourth-order valence-corrected chi connectivity index (χ4v) is 5.79. The molecule has 34 heavy (non-hydrogen) atoms. The molecule has 0 spiro atoms. The van der Waals surface area contributed by atoms with E-state index in [4.69, 9.17) is 14.2 Å². The number of aromatic nitrogens is 2. The minimum absolute atomic E-state index is 0.0369. The molecule has 1 aliphatic rings. The molecule has 0 saturated carbocycles. The Bertz CT molecular complexity index is 1280. The highest BCUT2D eigenvalue weighted by molar-refractivity contribution is 7.89. The smallest absolute Gasteiger partial charge is 0.245 e. The van der Waals surface area contributed by atoms with Crippen molar-refractivity contribution < 1.29 is 27.4 Å². The molecule has 4 rings (SSSR count). The summed E-state index contributed by atoms with van der Waals surface area (Å²) in [7, 11) is 0.945. The quantitative estimate of drug-likeness (QED) is 0.516. The molecule has 1 fully saturated rings. The summed E-state index contributed by atoms with van der Waals surface area (Å²) in [5, 5.41) is 0.560. The Morgan fingerprint density at radius 2 is 1.76 bits per heavy atom. The molecule has 1 N–H and O–H groups in total. The van der Waals surface area contributed by atoms with Crippen molar-refractivity contribution in [2.24, 2.45) is 0 Å². The minimum atomic E-state index is -3.69. The third-order valence-electron chi connectivity index (χ3n) is 6.02. The van der Waals surface area contributed by atoms with Gasteiger partial charge in [0.25, 0.3) is 0 Å². The van der Waals surface area contributed by atoms with Gasteiger partial charge in [0.2, 0.25) is 21.7 Å². The number of amides is 1. The van der Waals surface area contributed by atoms with E-state index in [0.29, 0.717) is 47.8 Å². The van der Waals surface area contributed by atoms with Crippen molar-refractivity contribution in [3.05, 3.63) is 42.2 Å². The summed E-state index contributed by atoms with van der Waals surface area (Å²) in [4.78, 5) is 21.8. The molecule has 182 valence electrons. The van der Waals surface area contributed by atoms with Crippen LogP contribution < -0.4 is 14.2 Å². The first kappa shape index (κ1) is 23.8. The molecule has 1 aromatic carbocycles. The Labute approximate surface area is 198 Å². The number of hydrogen-bond donors (Lipinski definition) is 1. The number of nitrogens with one attached hydrogen (secondary N) is 1. The van der Waals surface area contributed by atoms with Gasteiger partial charge in [-0.05, 0) is 30.2 Å². The number of carbonyl (C=O) groups is 1. The molecule has 10 nitrogen and oxygen atoms in total. The van der Waals surface area contributed by atoms with E-state index in [1.807, 2.05) is 6.07 Å². The van der Waals surface area contributed by atoms with E-state index >= 15 is 0 Å². The van der Waals surface area contributed by atoms with Gasteiger partial charge in [-0.2, -0.15) is 4.31 Å². The van der Waals surface area contributed by atoms with E-state index in [2.05, 4.69) is 9.97 Å². The Hall–Kier alpha value is -3.31. The fraction of sp³-hybridized carbons (Fsp3) is 0.391. The molecule has 1 saturated heterocycles. The number of rotatable bonds is 8. The molecule has 3 heterocycles. The van der Waals surface area contributed by atoms with E-state index in [9.17, 15) is 13.2 Å². The van der Waals surface area contributed by atoms with Gasteiger partial charge < -0.3 is 24.1 Å². The van der Waals surface area contributed by atoms with E-state index in [1.54, 1.807) is 43.5 Å². The van der Waals surface area contributed by atoms with E-state index in [0.717, 1.165) is 5.56 Å². The van der Waals surface area contributed by atoms with Gasteiger partial charge in [-0.1, -0.05) is 6.07 Å². The van der Waals surface area contributed by atoms with Crippen LogP contribution >= 0.6 is 0 Å². The number of pyridine rings is 1. The highest BCUT2D eigenvalue weighted by Crippen LogP contribution is 2.40. The summed E-state index contributed by atoms with van der Waals surface area (Å²) in [5.74, 6) is 1.54. The molecule has 0 atom stereocenters. The van der Waals surface area contributed by atoms with Crippen LogP contribution in [0.1, 0.15) is 12.0 Å². The Morgan fingerprint density at radius 3 is 2.44 bits per heavy atom. The van der Waals surface area contributed by atoms with Crippen LogP contribution in [0.4, 0.5) is 0 Å². The van der Waals surface area contributed by atoms with Crippen molar-refractivity contribution in [3.8, 4) is 17.2 Å². The van der Waals surface area contributed by atoms with Crippen LogP contribution in [0.2, 0.25) is 0 Å². The lowest BCUT2D eigenvalue weighted by atomic mass is 10.1. The minimum Gasteiger partial charge on any atom is -0.493 e. The number of H-pyrrole nitrogens is 1. The van der Waals surface area contributed by atoms with Crippen LogP contribution in [-0.2, 0) is 21.2 Å². The highest BCUT2D eigenvalue weighted by atomic mass is 32.2. The third-order valence-corrected chi connectivity index (χ3v) is 7.95. The lowest BCUT2D eigenvalue weighted by molar-refractivity contribution is -0.132. The second-order valence-electron chi connectivity index (χ2n) is 7.83. The van der Waals surface area contributed by atoms with Gasteiger partial charge in [0.05, 0.1) is 21.3 Å². The number of sulfonamides is 1. The summed E-state index contributed by atoms with van der Waals surface area (Å²) in [6, 6.07) is 7.08. The van der Waals surface area contributed by atoms with Gasteiger partial charge in [0.15, 0.2) is 11.5 Å². The van der Waals surface area contributed by atoms with Gasteiger partial charge in [0.1, 0.15) is 10.5 Å². The maximum Gasteiger partial charge on any atom is 0.245 e. The number of ether oxygens (including phenoxy) is 3. The van der Waals surface area contributed by atoms with Crippen molar-refractivity contribution in [3.63, 3.8) is 0 Å². The van der Waals surface area contributed by atoms with Crippen LogP contribution in [0.15, 0.2) is 41.6 Å². The van der Waals surface area contributed by atoms with Crippen LogP contribution in [0.5, 0.6) is 17.2 Å². The zero-order valence-corrected chi connectivity index (χ0v) is 20.2. The van der Waals surface area contributed by atoms with Crippen molar-refractivity contribution in [2.75, 3.05) is 47.5 Å². The molecule has 0 radical (unpaired) electrons. The SMILES string of the molecule is COc1ccc(CCC(=O)N2CCN(S(=O)(=O)c3c[nH]c4ncccc34)CC2)c(OC)c1OC. The number of benzene rings is 1. The second kappa shape index (κ2) is 9.90. The average molecular weight is 489 g/mol. The topological polar surface area (TPSA) is 114 Å². The third kappa shape index (κ3) is 4.40. The highest BCUT2D eigenvalue weighted by Gasteiger charge is 2.32. The van der Waals surface area contributed by atoms with Crippen molar-refractivity contribution in [2.45, 2.75) is 17.7 Å². The molecule has 0 aliphatic carbocycles. The summed E-state index contributed by atoms with van der Waals surface area (Å²) in [6.45, 7) is 1.14. The van der Waals surface area contributed by atoms with Crippen molar-refractivity contribution in [1.82, 2.24) is 19.2 Å². The molecule has 1 aliphatic heterocycles. The molecule has 0 bridgehead atoms. The van der Waals surface area contributed by atoms with Crippen LogP contribution in [0.3, 0.4) is 0 Å². The van der Waals surface area contributed by atoms with E-state index < -0.39 is 10.0 Å². The van der Waals surface area contributed by atoms with E-state index in [-0.39, 0.29) is 30.3 Å². The van der Waals surface area contributed by atoms with Crippen LogP contribution in [0, 0.1) is 0 Å². The normalized spacial score (nSPS) is 14.9. The largest absolute Gasteiger partial charge is 0.493 e. The Kier molecular flexibility index (Phi) is 6.94. The Balaban J connectivity index is 1.39. The lowest BCUT2D eigenvalue weighted by Gasteiger charge is -2.34. The number of hydrogen-bond acceptors (Lipinski definition) is 7. The van der Waals surface area contributed by atoms with E-state index in [1.165, 1.54) is 17.6 Å². The van der Waals surface area contributed by atoms with Gasteiger partial charge in [-0.3, -0.25) is 4.79 Å².